The Hall–Kier alpha value is -0.520. The van der Waals surface area contributed by atoms with E-state index >= 15 is 0 Å². The Morgan fingerprint density at radius 1 is 1.35 bits per heavy atom. The Kier molecular flexibility index (Phi) is 4.11. The van der Waals surface area contributed by atoms with E-state index in [1.54, 1.807) is 0 Å². The van der Waals surface area contributed by atoms with E-state index < -0.39 is 5.54 Å². The molecule has 3 nitrogen and oxygen atoms in total. The first-order chi connectivity index (χ1) is 9.59. The molecule has 2 saturated carbocycles. The number of carbonyl (C=O) groups is 1. The van der Waals surface area contributed by atoms with E-state index in [0.717, 1.165) is 23.7 Å². The average Bonchev–Trinajstić information content (AvgIpc) is 3.12. The van der Waals surface area contributed by atoms with Crippen LogP contribution in [0, 0.1) is 0 Å². The van der Waals surface area contributed by atoms with Crippen molar-refractivity contribution in [3.05, 3.63) is 28.7 Å². The molecule has 5 heteroatoms. The third-order valence-corrected chi connectivity index (χ3v) is 6.43. The zero-order chi connectivity index (χ0) is 14.2. The second kappa shape index (κ2) is 5.70. The molecule has 2 atom stereocenters. The van der Waals surface area contributed by atoms with Crippen LogP contribution in [0.2, 0.25) is 0 Å². The summed E-state index contributed by atoms with van der Waals surface area (Å²) in [5.41, 5.74) is 5.20. The summed E-state index contributed by atoms with van der Waals surface area (Å²) in [6.45, 7) is 0. The molecule has 1 aromatic rings. The highest BCUT2D eigenvalue weighted by Crippen LogP contribution is 2.43. The van der Waals surface area contributed by atoms with Crippen molar-refractivity contribution < 1.29 is 4.79 Å². The number of primary amides is 1. The molecule has 0 aromatic heterocycles. The van der Waals surface area contributed by atoms with Crippen LogP contribution in [0.3, 0.4) is 0 Å². The van der Waals surface area contributed by atoms with Gasteiger partial charge in [0.05, 0.1) is 5.54 Å². The molecule has 0 aliphatic heterocycles. The Morgan fingerprint density at radius 3 is 2.75 bits per heavy atom. The number of hydrogen-bond donors (Lipinski definition) is 2. The number of carbonyl (C=O) groups excluding carboxylic acids is 1. The van der Waals surface area contributed by atoms with E-state index in [9.17, 15) is 4.79 Å². The highest BCUT2D eigenvalue weighted by Gasteiger charge is 2.46. The summed E-state index contributed by atoms with van der Waals surface area (Å²) in [6.07, 6.45) is 5.09. The molecule has 0 heterocycles. The zero-order valence-corrected chi connectivity index (χ0v) is 13.7. The monoisotopic (exact) mass is 354 g/mol. The minimum atomic E-state index is -0.472. The van der Waals surface area contributed by atoms with Crippen LogP contribution in [0.4, 0.5) is 0 Å². The fourth-order valence-corrected chi connectivity index (χ4v) is 4.73. The van der Waals surface area contributed by atoms with Crippen LogP contribution < -0.4 is 11.1 Å². The van der Waals surface area contributed by atoms with Crippen molar-refractivity contribution in [2.24, 2.45) is 5.73 Å². The van der Waals surface area contributed by atoms with E-state index in [4.69, 9.17) is 5.73 Å². The first-order valence-electron chi connectivity index (χ1n) is 7.08. The third kappa shape index (κ3) is 3.05. The van der Waals surface area contributed by atoms with Gasteiger partial charge in [-0.3, -0.25) is 4.79 Å². The lowest BCUT2D eigenvalue weighted by Crippen LogP contribution is -2.54. The minimum absolute atomic E-state index is 0.181. The summed E-state index contributed by atoms with van der Waals surface area (Å²) in [5, 5.41) is 3.95. The summed E-state index contributed by atoms with van der Waals surface area (Å²) in [5.74, 6) is -0.181. The first-order valence-corrected chi connectivity index (χ1v) is 8.75. The van der Waals surface area contributed by atoms with Crippen molar-refractivity contribution in [1.29, 1.82) is 0 Å². The molecular formula is C15H19BrN2OS. The highest BCUT2D eigenvalue weighted by atomic mass is 79.9. The van der Waals surface area contributed by atoms with Gasteiger partial charge in [0.15, 0.2) is 0 Å². The molecule has 3 N–H and O–H groups in total. The molecule has 20 heavy (non-hydrogen) atoms. The van der Waals surface area contributed by atoms with Crippen molar-refractivity contribution in [3.8, 4) is 0 Å². The fraction of sp³-hybridized carbons (Fsp3) is 0.533. The number of halogens is 1. The van der Waals surface area contributed by atoms with E-state index in [0.29, 0.717) is 11.3 Å². The van der Waals surface area contributed by atoms with Gasteiger partial charge in [0.25, 0.3) is 0 Å². The maximum absolute atomic E-state index is 11.9. The van der Waals surface area contributed by atoms with Crippen LogP contribution in [0.5, 0.6) is 0 Å². The van der Waals surface area contributed by atoms with Crippen molar-refractivity contribution in [2.75, 3.05) is 0 Å². The summed E-state index contributed by atoms with van der Waals surface area (Å²) >= 11 is 5.43. The maximum Gasteiger partial charge on any atom is 0.237 e. The molecule has 3 rings (SSSR count). The summed E-state index contributed by atoms with van der Waals surface area (Å²) < 4.78 is 1.12. The van der Waals surface area contributed by atoms with E-state index in [1.165, 1.54) is 17.7 Å². The standard InChI is InChI=1S/C15H19BrN2OS/c16-12-3-1-2-4-13(12)20-11-7-8-15(9-11,14(17)19)18-10-5-6-10/h1-4,10-11,18H,5-9H2,(H2,17,19). The van der Waals surface area contributed by atoms with Gasteiger partial charge in [-0.1, -0.05) is 12.1 Å². The van der Waals surface area contributed by atoms with Gasteiger partial charge in [0.2, 0.25) is 5.91 Å². The Balaban J connectivity index is 1.68. The summed E-state index contributed by atoms with van der Waals surface area (Å²) in [7, 11) is 0. The Labute approximate surface area is 132 Å². The second-order valence-corrected chi connectivity index (χ2v) is 7.97. The van der Waals surface area contributed by atoms with Gasteiger partial charge in [0, 0.05) is 20.7 Å². The predicted octanol–water partition coefficient (Wildman–Crippen LogP) is 3.07. The molecule has 0 radical (unpaired) electrons. The Bertz CT molecular complexity index is 520. The van der Waals surface area contributed by atoms with Gasteiger partial charge in [-0.15, -0.1) is 11.8 Å². The van der Waals surface area contributed by atoms with Crippen molar-refractivity contribution in [3.63, 3.8) is 0 Å². The number of nitrogens with two attached hydrogens (primary N) is 1. The molecule has 0 spiro atoms. The van der Waals surface area contributed by atoms with Gasteiger partial charge in [-0.25, -0.2) is 0 Å². The number of nitrogens with one attached hydrogen (secondary N) is 1. The molecule has 2 fully saturated rings. The molecule has 1 aromatic carbocycles. The minimum Gasteiger partial charge on any atom is -0.368 e. The zero-order valence-electron chi connectivity index (χ0n) is 11.3. The fourth-order valence-electron chi connectivity index (χ4n) is 2.87. The number of thioether (sulfide) groups is 1. The molecule has 108 valence electrons. The molecular weight excluding hydrogens is 336 g/mol. The lowest BCUT2D eigenvalue weighted by molar-refractivity contribution is -0.124. The van der Waals surface area contributed by atoms with Gasteiger partial charge >= 0.3 is 0 Å². The van der Waals surface area contributed by atoms with Crippen LogP contribution in [-0.4, -0.2) is 22.7 Å². The molecule has 1 amide bonds. The molecule has 0 bridgehead atoms. The highest BCUT2D eigenvalue weighted by molar-refractivity contribution is 9.10. The topological polar surface area (TPSA) is 55.1 Å². The van der Waals surface area contributed by atoms with Crippen molar-refractivity contribution in [2.45, 2.75) is 53.8 Å². The van der Waals surface area contributed by atoms with Gasteiger partial charge in [-0.05, 0) is 60.2 Å². The lowest BCUT2D eigenvalue weighted by atomic mass is 9.96. The number of hydrogen-bond acceptors (Lipinski definition) is 3. The molecule has 2 unspecified atom stereocenters. The van der Waals surface area contributed by atoms with Crippen LogP contribution in [-0.2, 0) is 4.79 Å². The first kappa shape index (κ1) is 14.4. The lowest BCUT2D eigenvalue weighted by Gasteiger charge is -2.27. The van der Waals surface area contributed by atoms with Gasteiger partial charge in [0.1, 0.15) is 0 Å². The SMILES string of the molecule is NC(=O)C1(NC2CC2)CCC(Sc2ccccc2Br)C1. The number of amides is 1. The quantitative estimate of drug-likeness (QED) is 0.854. The van der Waals surface area contributed by atoms with Gasteiger partial charge < -0.3 is 11.1 Å². The predicted molar refractivity (Wildman–Crippen MR) is 85.7 cm³/mol. The normalized spacial score (nSPS) is 29.6. The second-order valence-electron chi connectivity index (χ2n) is 5.78. The third-order valence-electron chi connectivity index (χ3n) is 4.13. The van der Waals surface area contributed by atoms with E-state index in [2.05, 4.69) is 33.4 Å². The molecule has 0 saturated heterocycles. The number of benzene rings is 1. The largest absolute Gasteiger partial charge is 0.368 e. The smallest absolute Gasteiger partial charge is 0.237 e. The Morgan fingerprint density at radius 2 is 2.10 bits per heavy atom. The van der Waals surface area contributed by atoms with Crippen LogP contribution in [0.15, 0.2) is 33.6 Å². The van der Waals surface area contributed by atoms with Gasteiger partial charge in [-0.2, -0.15) is 0 Å². The van der Waals surface area contributed by atoms with Crippen LogP contribution in [0.25, 0.3) is 0 Å². The molecule has 2 aliphatic rings. The van der Waals surface area contributed by atoms with Crippen LogP contribution >= 0.6 is 27.7 Å². The van der Waals surface area contributed by atoms with E-state index in [1.807, 2.05) is 23.9 Å². The maximum atomic E-state index is 11.9. The van der Waals surface area contributed by atoms with Crippen LogP contribution in [0.1, 0.15) is 32.1 Å². The van der Waals surface area contributed by atoms with Crippen molar-refractivity contribution >= 4 is 33.6 Å². The molecule has 2 aliphatic carbocycles. The summed E-state index contributed by atoms with van der Waals surface area (Å²) in [6, 6.07) is 8.75. The van der Waals surface area contributed by atoms with E-state index in [-0.39, 0.29) is 5.91 Å². The average molecular weight is 355 g/mol. The van der Waals surface area contributed by atoms with Crippen molar-refractivity contribution in [1.82, 2.24) is 5.32 Å². The summed E-state index contributed by atoms with van der Waals surface area (Å²) in [4.78, 5) is 13.1. The number of rotatable bonds is 5.